The van der Waals surface area contributed by atoms with Crippen LogP contribution >= 0.6 is 11.6 Å². The number of aromatic carboxylic acids is 1. The Labute approximate surface area is 180 Å². The molecule has 0 spiro atoms. The molecule has 0 aliphatic heterocycles. The van der Waals surface area contributed by atoms with Crippen molar-refractivity contribution >= 4 is 29.2 Å². The highest BCUT2D eigenvalue weighted by atomic mass is 35.5. The van der Waals surface area contributed by atoms with Gasteiger partial charge >= 0.3 is 5.97 Å². The lowest BCUT2D eigenvalue weighted by Crippen LogP contribution is -2.25. The largest absolute Gasteiger partial charge is 0.505 e. The third-order valence-electron chi connectivity index (χ3n) is 4.21. The van der Waals surface area contributed by atoms with Crippen LogP contribution in [-0.2, 0) is 0 Å². The van der Waals surface area contributed by atoms with E-state index >= 15 is 0 Å². The molecule has 11 heteroatoms. The van der Waals surface area contributed by atoms with E-state index in [9.17, 15) is 24.6 Å². The van der Waals surface area contributed by atoms with Gasteiger partial charge in [0.05, 0.1) is 24.9 Å². The van der Waals surface area contributed by atoms with Crippen LogP contribution in [0.25, 0.3) is 5.69 Å². The van der Waals surface area contributed by atoms with Crippen molar-refractivity contribution < 1.29 is 29.3 Å². The third-order valence-corrected chi connectivity index (χ3v) is 4.52. The zero-order valence-corrected chi connectivity index (χ0v) is 17.0. The Hall–Kier alpha value is -4.05. The van der Waals surface area contributed by atoms with Gasteiger partial charge in [0.2, 0.25) is 0 Å². The fourth-order valence-corrected chi connectivity index (χ4v) is 2.96. The fourth-order valence-electron chi connectivity index (χ4n) is 2.75. The van der Waals surface area contributed by atoms with Crippen molar-refractivity contribution in [2.24, 2.45) is 0 Å². The van der Waals surface area contributed by atoms with E-state index in [0.717, 1.165) is 16.8 Å². The van der Waals surface area contributed by atoms with E-state index in [1.54, 1.807) is 24.3 Å². The second-order valence-electron chi connectivity index (χ2n) is 6.09. The summed E-state index contributed by atoms with van der Waals surface area (Å²) < 4.78 is 11.1. The van der Waals surface area contributed by atoms with Crippen molar-refractivity contribution in [2.75, 3.05) is 19.5 Å². The van der Waals surface area contributed by atoms with Crippen molar-refractivity contribution in [3.8, 4) is 22.9 Å². The van der Waals surface area contributed by atoms with E-state index in [4.69, 9.17) is 21.1 Å². The van der Waals surface area contributed by atoms with E-state index in [-0.39, 0.29) is 27.7 Å². The zero-order valence-electron chi connectivity index (χ0n) is 16.2. The minimum absolute atomic E-state index is 0.0183. The number of nitrogens with zero attached hydrogens (tertiary/aromatic N) is 2. The Morgan fingerprint density at radius 2 is 1.77 bits per heavy atom. The van der Waals surface area contributed by atoms with Crippen molar-refractivity contribution in [1.29, 1.82) is 0 Å². The Morgan fingerprint density at radius 1 is 1.10 bits per heavy atom. The molecule has 0 atom stereocenters. The average molecular weight is 446 g/mol. The highest BCUT2D eigenvalue weighted by Crippen LogP contribution is 2.31. The van der Waals surface area contributed by atoms with E-state index in [2.05, 4.69) is 10.4 Å². The number of methoxy groups -OCH3 is 2. The number of carboxylic acids is 1. The molecule has 3 N–H and O–H groups in total. The summed E-state index contributed by atoms with van der Waals surface area (Å²) in [6.07, 6.45) is 0. The fraction of sp³-hybridized carbons (Fsp3) is 0.100. The van der Waals surface area contributed by atoms with Gasteiger partial charge in [-0.3, -0.25) is 9.59 Å². The first-order valence-electron chi connectivity index (χ1n) is 8.65. The van der Waals surface area contributed by atoms with Gasteiger partial charge in [0.25, 0.3) is 11.5 Å². The van der Waals surface area contributed by atoms with Crippen LogP contribution in [-0.4, -0.2) is 46.1 Å². The number of amides is 1. The highest BCUT2D eigenvalue weighted by Gasteiger charge is 2.21. The van der Waals surface area contributed by atoms with Gasteiger partial charge in [-0.15, -0.1) is 0 Å². The molecule has 0 fully saturated rings. The molecule has 0 radical (unpaired) electrons. The van der Waals surface area contributed by atoms with Gasteiger partial charge in [0, 0.05) is 12.1 Å². The molecule has 160 valence electrons. The van der Waals surface area contributed by atoms with Crippen LogP contribution in [0.15, 0.2) is 47.3 Å². The maximum atomic E-state index is 12.8. The predicted molar refractivity (Wildman–Crippen MR) is 111 cm³/mol. The van der Waals surface area contributed by atoms with Gasteiger partial charge in [-0.1, -0.05) is 23.7 Å². The van der Waals surface area contributed by atoms with Crippen LogP contribution in [0.5, 0.6) is 17.2 Å². The SMILES string of the molecule is COc1cc(NC(=O)c2nn(-c3ccccc3OC)c(=O)cc2O)c(Cl)cc1C(=O)O. The number of nitrogens with one attached hydrogen (secondary N) is 1. The second-order valence-corrected chi connectivity index (χ2v) is 6.50. The van der Waals surface area contributed by atoms with Gasteiger partial charge in [-0.2, -0.15) is 9.78 Å². The third kappa shape index (κ3) is 4.28. The first kappa shape index (κ1) is 21.7. The van der Waals surface area contributed by atoms with Crippen LogP contribution in [0.1, 0.15) is 20.8 Å². The summed E-state index contributed by atoms with van der Waals surface area (Å²) in [5.41, 5.74) is -1.08. The van der Waals surface area contributed by atoms with Crippen LogP contribution in [0.2, 0.25) is 5.02 Å². The van der Waals surface area contributed by atoms with Crippen LogP contribution < -0.4 is 20.3 Å². The lowest BCUT2D eigenvalue weighted by molar-refractivity contribution is 0.0693. The topological polar surface area (TPSA) is 140 Å². The zero-order chi connectivity index (χ0) is 22.7. The first-order valence-corrected chi connectivity index (χ1v) is 9.03. The molecule has 0 aliphatic carbocycles. The Morgan fingerprint density at radius 3 is 2.42 bits per heavy atom. The number of halogens is 1. The number of para-hydroxylation sites is 2. The van der Waals surface area contributed by atoms with E-state index < -0.39 is 28.9 Å². The maximum Gasteiger partial charge on any atom is 0.339 e. The molecule has 31 heavy (non-hydrogen) atoms. The normalized spacial score (nSPS) is 10.4. The first-order chi connectivity index (χ1) is 14.8. The molecule has 0 unspecified atom stereocenters. The standard InChI is InChI=1S/C20H16ClN3O7/c1-30-15-6-4-3-5-13(15)24-17(26)9-14(25)18(23-24)19(27)22-12-8-16(31-2)10(20(28)29)7-11(12)21/h3-9,25H,1-2H3,(H,22,27)(H,28,29). The lowest BCUT2D eigenvalue weighted by atomic mass is 10.1. The summed E-state index contributed by atoms with van der Waals surface area (Å²) in [6.45, 7) is 0. The summed E-state index contributed by atoms with van der Waals surface area (Å²) in [6, 6.07) is 9.67. The molecular weight excluding hydrogens is 430 g/mol. The number of hydrogen-bond donors (Lipinski definition) is 3. The van der Waals surface area contributed by atoms with Gasteiger partial charge in [0.1, 0.15) is 22.7 Å². The van der Waals surface area contributed by atoms with Crippen LogP contribution in [0.3, 0.4) is 0 Å². The molecule has 1 amide bonds. The lowest BCUT2D eigenvalue weighted by Gasteiger charge is -2.13. The Bertz CT molecular complexity index is 1240. The van der Waals surface area contributed by atoms with Crippen LogP contribution in [0.4, 0.5) is 5.69 Å². The van der Waals surface area contributed by atoms with Crippen molar-refractivity contribution in [3.05, 3.63) is 69.1 Å². The Kier molecular flexibility index (Phi) is 6.12. The number of anilines is 1. The number of aromatic hydroxyl groups is 1. The summed E-state index contributed by atoms with van der Waals surface area (Å²) in [5, 5.41) is 25.6. The summed E-state index contributed by atoms with van der Waals surface area (Å²) in [7, 11) is 2.67. The molecule has 0 saturated carbocycles. The second kappa shape index (κ2) is 8.76. The molecule has 2 aromatic carbocycles. The van der Waals surface area contributed by atoms with Gasteiger partial charge in [-0.25, -0.2) is 4.79 Å². The number of carboxylic acid groups (broad SMARTS) is 1. The number of ether oxygens (including phenoxy) is 2. The predicted octanol–water partition coefficient (Wildman–Crippen LogP) is 2.56. The minimum atomic E-state index is -1.26. The van der Waals surface area contributed by atoms with E-state index in [1.165, 1.54) is 20.3 Å². The van der Waals surface area contributed by atoms with Crippen molar-refractivity contribution in [3.63, 3.8) is 0 Å². The van der Waals surface area contributed by atoms with Crippen LogP contribution in [0, 0.1) is 0 Å². The van der Waals surface area contributed by atoms with E-state index in [0.29, 0.717) is 5.75 Å². The molecule has 3 aromatic rings. The highest BCUT2D eigenvalue weighted by molar-refractivity contribution is 6.34. The Balaban J connectivity index is 2.03. The van der Waals surface area contributed by atoms with Gasteiger partial charge in [0.15, 0.2) is 11.4 Å². The number of aromatic nitrogens is 2. The monoisotopic (exact) mass is 445 g/mol. The van der Waals surface area contributed by atoms with Gasteiger partial charge in [-0.05, 0) is 18.2 Å². The minimum Gasteiger partial charge on any atom is -0.505 e. The van der Waals surface area contributed by atoms with Gasteiger partial charge < -0.3 is 25.0 Å². The molecule has 0 saturated heterocycles. The number of carbonyl (C=O) groups excluding carboxylic acids is 1. The summed E-state index contributed by atoms with van der Waals surface area (Å²) in [4.78, 5) is 36.4. The quantitative estimate of drug-likeness (QED) is 0.526. The number of carbonyl (C=O) groups is 2. The number of benzene rings is 2. The van der Waals surface area contributed by atoms with Crippen molar-refractivity contribution in [2.45, 2.75) is 0 Å². The molecule has 0 bridgehead atoms. The summed E-state index contributed by atoms with van der Waals surface area (Å²) >= 11 is 6.08. The maximum absolute atomic E-state index is 12.8. The summed E-state index contributed by atoms with van der Waals surface area (Å²) in [5.74, 6) is -2.53. The smallest absolute Gasteiger partial charge is 0.339 e. The van der Waals surface area contributed by atoms with E-state index in [1.807, 2.05) is 0 Å². The molecule has 1 heterocycles. The molecular formula is C20H16ClN3O7. The average Bonchev–Trinajstić information content (AvgIpc) is 2.74. The molecule has 10 nitrogen and oxygen atoms in total. The molecule has 3 rings (SSSR count). The number of rotatable bonds is 6. The van der Waals surface area contributed by atoms with Crippen molar-refractivity contribution in [1.82, 2.24) is 9.78 Å². The number of hydrogen-bond acceptors (Lipinski definition) is 7. The molecule has 1 aromatic heterocycles. The molecule has 0 aliphatic rings.